The molecule has 0 saturated carbocycles. The van der Waals surface area contributed by atoms with Crippen LogP contribution < -0.4 is 15.8 Å². The van der Waals surface area contributed by atoms with Gasteiger partial charge in [0, 0.05) is 44.8 Å². The molecule has 0 spiro atoms. The number of hydrogen-bond donors (Lipinski definition) is 1. The van der Waals surface area contributed by atoms with Crippen molar-refractivity contribution >= 4 is 11.6 Å². The number of hydrogen-bond acceptors (Lipinski definition) is 6. The summed E-state index contributed by atoms with van der Waals surface area (Å²) in [6.45, 7) is 1.46. The first-order chi connectivity index (χ1) is 11.2. The van der Waals surface area contributed by atoms with Crippen LogP contribution in [0.15, 0.2) is 35.5 Å². The van der Waals surface area contributed by atoms with E-state index in [-0.39, 0.29) is 11.6 Å². The fourth-order valence-electron chi connectivity index (χ4n) is 2.79. The summed E-state index contributed by atoms with van der Waals surface area (Å²) in [5.41, 5.74) is 0.432. The molecule has 3 rings (SSSR count). The van der Waals surface area contributed by atoms with E-state index in [1.165, 1.54) is 4.57 Å². The molecule has 7 heteroatoms. The van der Waals surface area contributed by atoms with Crippen LogP contribution in [0.2, 0.25) is 0 Å². The molecular weight excluding hydrogens is 292 g/mol. The number of nitrogens with zero attached hydrogens (tertiary/aromatic N) is 5. The molecule has 7 nitrogen and oxygen atoms in total. The van der Waals surface area contributed by atoms with Crippen molar-refractivity contribution in [1.82, 2.24) is 14.5 Å². The van der Waals surface area contributed by atoms with Crippen molar-refractivity contribution in [2.75, 3.05) is 23.3 Å². The molecule has 2 aromatic heterocycles. The summed E-state index contributed by atoms with van der Waals surface area (Å²) >= 11 is 0. The SMILES string of the molecule is Cn1ccnc(N2CCC[C@@H](Nc3ncccc3C#N)C2)c1=O. The summed E-state index contributed by atoms with van der Waals surface area (Å²) in [6, 6.07) is 5.75. The molecule has 0 aromatic carbocycles. The normalized spacial score (nSPS) is 17.6. The Morgan fingerprint density at radius 1 is 1.39 bits per heavy atom. The van der Waals surface area contributed by atoms with Crippen LogP contribution in [-0.2, 0) is 7.05 Å². The van der Waals surface area contributed by atoms with Crippen LogP contribution in [0, 0.1) is 11.3 Å². The number of anilines is 2. The minimum absolute atomic E-state index is 0.0938. The van der Waals surface area contributed by atoms with Gasteiger partial charge in [0.25, 0.3) is 5.56 Å². The van der Waals surface area contributed by atoms with Crippen LogP contribution in [0.1, 0.15) is 18.4 Å². The lowest BCUT2D eigenvalue weighted by Gasteiger charge is -2.33. The van der Waals surface area contributed by atoms with Gasteiger partial charge in [0.15, 0.2) is 5.82 Å². The number of nitrogens with one attached hydrogen (secondary N) is 1. The van der Waals surface area contributed by atoms with Crippen molar-refractivity contribution in [2.45, 2.75) is 18.9 Å². The third kappa shape index (κ3) is 3.16. The van der Waals surface area contributed by atoms with Gasteiger partial charge in [-0.05, 0) is 25.0 Å². The van der Waals surface area contributed by atoms with Crippen molar-refractivity contribution < 1.29 is 0 Å². The second-order valence-corrected chi connectivity index (χ2v) is 5.61. The van der Waals surface area contributed by atoms with Crippen molar-refractivity contribution in [3.05, 3.63) is 46.6 Å². The van der Waals surface area contributed by atoms with Crippen molar-refractivity contribution in [2.24, 2.45) is 7.05 Å². The van der Waals surface area contributed by atoms with E-state index >= 15 is 0 Å². The Hall–Kier alpha value is -2.88. The van der Waals surface area contributed by atoms with E-state index < -0.39 is 0 Å². The van der Waals surface area contributed by atoms with Crippen LogP contribution in [0.4, 0.5) is 11.6 Å². The highest BCUT2D eigenvalue weighted by molar-refractivity contribution is 5.52. The lowest BCUT2D eigenvalue weighted by atomic mass is 10.1. The van der Waals surface area contributed by atoms with Gasteiger partial charge in [-0.25, -0.2) is 9.97 Å². The quantitative estimate of drug-likeness (QED) is 0.914. The lowest BCUT2D eigenvalue weighted by Crippen LogP contribution is -2.45. The average Bonchev–Trinajstić information content (AvgIpc) is 2.58. The van der Waals surface area contributed by atoms with Gasteiger partial charge in [0.1, 0.15) is 11.9 Å². The lowest BCUT2D eigenvalue weighted by molar-refractivity contribution is 0.522. The molecule has 3 heterocycles. The molecule has 2 aromatic rings. The Balaban J connectivity index is 1.78. The van der Waals surface area contributed by atoms with Crippen LogP contribution in [0.3, 0.4) is 0 Å². The summed E-state index contributed by atoms with van der Waals surface area (Å²) in [5.74, 6) is 1.07. The third-order valence-corrected chi connectivity index (χ3v) is 3.99. The van der Waals surface area contributed by atoms with Gasteiger partial charge in [0.05, 0.1) is 5.56 Å². The molecule has 1 fully saturated rings. The second-order valence-electron chi connectivity index (χ2n) is 5.61. The van der Waals surface area contributed by atoms with Crippen LogP contribution in [-0.4, -0.2) is 33.7 Å². The Morgan fingerprint density at radius 3 is 3.09 bits per heavy atom. The first kappa shape index (κ1) is 15.0. The minimum Gasteiger partial charge on any atom is -0.364 e. The van der Waals surface area contributed by atoms with Crippen LogP contribution >= 0.6 is 0 Å². The number of aryl methyl sites for hydroxylation is 1. The van der Waals surface area contributed by atoms with Crippen molar-refractivity contribution in [1.29, 1.82) is 5.26 Å². The van der Waals surface area contributed by atoms with Gasteiger partial charge in [-0.2, -0.15) is 5.26 Å². The van der Waals surface area contributed by atoms with E-state index in [1.54, 1.807) is 37.8 Å². The Labute approximate surface area is 134 Å². The van der Waals surface area contributed by atoms with Gasteiger partial charge in [0.2, 0.25) is 0 Å². The summed E-state index contributed by atoms with van der Waals surface area (Å²) < 4.78 is 1.53. The topological polar surface area (TPSA) is 86.8 Å². The zero-order chi connectivity index (χ0) is 16.2. The van der Waals surface area contributed by atoms with E-state index in [4.69, 9.17) is 5.26 Å². The summed E-state index contributed by atoms with van der Waals surface area (Å²) in [5, 5.41) is 12.5. The van der Waals surface area contributed by atoms with Crippen LogP contribution in [0.5, 0.6) is 0 Å². The van der Waals surface area contributed by atoms with Gasteiger partial charge >= 0.3 is 0 Å². The molecule has 1 saturated heterocycles. The van der Waals surface area contributed by atoms with Gasteiger partial charge in [-0.1, -0.05) is 0 Å². The molecule has 23 heavy (non-hydrogen) atoms. The Morgan fingerprint density at radius 2 is 2.26 bits per heavy atom. The van der Waals surface area contributed by atoms with E-state index in [1.807, 2.05) is 4.90 Å². The number of nitriles is 1. The maximum Gasteiger partial charge on any atom is 0.293 e. The molecule has 0 aliphatic carbocycles. The first-order valence-corrected chi connectivity index (χ1v) is 7.57. The van der Waals surface area contributed by atoms with Gasteiger partial charge in [-0.15, -0.1) is 0 Å². The minimum atomic E-state index is -0.0938. The number of aromatic nitrogens is 3. The molecule has 1 aliphatic rings. The molecule has 0 unspecified atom stereocenters. The third-order valence-electron chi connectivity index (χ3n) is 3.99. The number of piperidine rings is 1. The highest BCUT2D eigenvalue weighted by atomic mass is 16.1. The zero-order valence-electron chi connectivity index (χ0n) is 12.9. The van der Waals surface area contributed by atoms with E-state index in [0.717, 1.165) is 19.4 Å². The second kappa shape index (κ2) is 6.48. The maximum absolute atomic E-state index is 12.2. The van der Waals surface area contributed by atoms with Gasteiger partial charge < -0.3 is 14.8 Å². The number of rotatable bonds is 3. The standard InChI is InChI=1S/C16H18N6O/c1-21-9-7-19-15(16(21)23)22-8-3-5-13(11-22)20-14-12(10-17)4-2-6-18-14/h2,4,6-7,9,13H,3,5,8,11H2,1H3,(H,18,20)/t13-/m1/s1. The summed E-state index contributed by atoms with van der Waals surface area (Å²) in [4.78, 5) is 22.7. The van der Waals surface area contributed by atoms with Crippen LogP contribution in [0.25, 0.3) is 0 Å². The highest BCUT2D eigenvalue weighted by Crippen LogP contribution is 2.19. The monoisotopic (exact) mass is 310 g/mol. The predicted molar refractivity (Wildman–Crippen MR) is 87.3 cm³/mol. The average molecular weight is 310 g/mol. The summed E-state index contributed by atoms with van der Waals surface area (Å²) in [7, 11) is 1.72. The van der Waals surface area contributed by atoms with E-state index in [2.05, 4.69) is 21.4 Å². The Bertz CT molecular complexity index is 794. The Kier molecular flexibility index (Phi) is 4.24. The molecular formula is C16H18N6O. The number of pyridine rings is 1. The fraction of sp³-hybridized carbons (Fsp3) is 0.375. The molecule has 0 radical (unpaired) electrons. The first-order valence-electron chi connectivity index (χ1n) is 7.57. The van der Waals surface area contributed by atoms with Crippen molar-refractivity contribution in [3.8, 4) is 6.07 Å². The van der Waals surface area contributed by atoms with Gasteiger partial charge in [-0.3, -0.25) is 4.79 Å². The molecule has 1 atom stereocenters. The molecule has 1 N–H and O–H groups in total. The van der Waals surface area contributed by atoms with E-state index in [0.29, 0.717) is 23.7 Å². The zero-order valence-corrected chi connectivity index (χ0v) is 12.9. The molecule has 1 aliphatic heterocycles. The fourth-order valence-corrected chi connectivity index (χ4v) is 2.79. The highest BCUT2D eigenvalue weighted by Gasteiger charge is 2.23. The summed E-state index contributed by atoms with van der Waals surface area (Å²) in [6.07, 6.45) is 6.87. The maximum atomic E-state index is 12.2. The largest absolute Gasteiger partial charge is 0.364 e. The van der Waals surface area contributed by atoms with E-state index in [9.17, 15) is 4.79 Å². The molecule has 0 amide bonds. The molecule has 118 valence electrons. The van der Waals surface area contributed by atoms with Crippen molar-refractivity contribution in [3.63, 3.8) is 0 Å². The molecule has 0 bridgehead atoms. The predicted octanol–water partition coefficient (Wildman–Crippen LogP) is 1.13. The smallest absolute Gasteiger partial charge is 0.293 e.